The van der Waals surface area contributed by atoms with Crippen molar-refractivity contribution >= 4 is 69.0 Å². The normalized spacial score (nSPS) is 14.4. The van der Waals surface area contributed by atoms with Crippen molar-refractivity contribution in [3.05, 3.63) is 221 Å². The summed E-state index contributed by atoms with van der Waals surface area (Å²) in [7, 11) is 0. The highest BCUT2D eigenvalue weighted by atomic mass is 32.2. The second-order valence-electron chi connectivity index (χ2n) is 19.0. The lowest BCUT2D eigenvalue weighted by molar-refractivity contribution is 0.569. The monoisotopic (exact) mass is 804 g/mol. The van der Waals surface area contributed by atoms with Gasteiger partial charge in [0.15, 0.2) is 0 Å². The predicted molar refractivity (Wildman–Crippen MR) is 260 cm³/mol. The molecule has 0 aromatic heterocycles. The van der Waals surface area contributed by atoms with E-state index in [-0.39, 0.29) is 17.5 Å². The van der Waals surface area contributed by atoms with Crippen LogP contribution in [0.5, 0.6) is 0 Å². The van der Waals surface area contributed by atoms with Crippen LogP contribution in [0.2, 0.25) is 0 Å². The topological polar surface area (TPSA) is 6.48 Å². The molecule has 0 saturated heterocycles. The number of hydrogen-bond donors (Lipinski definition) is 0. The van der Waals surface area contributed by atoms with E-state index in [1.807, 2.05) is 11.8 Å². The van der Waals surface area contributed by atoms with Crippen molar-refractivity contribution in [3.8, 4) is 0 Å². The molecule has 2 nitrogen and oxygen atoms in total. The maximum atomic E-state index is 2.64. The van der Waals surface area contributed by atoms with Gasteiger partial charge in [0.1, 0.15) is 0 Å². The smallest absolute Gasteiger partial charge is 0.250 e. The maximum absolute atomic E-state index is 2.64. The van der Waals surface area contributed by atoms with E-state index in [4.69, 9.17) is 0 Å². The minimum absolute atomic E-state index is 0.0530. The largest absolute Gasteiger partial charge is 0.311 e. The Balaban J connectivity index is 1.29. The molecule has 0 fully saturated rings. The standard InChI is InChI=1S/C57H49BN2S/c1-55(2,3)40-33-41(56(4,5)6)35-44(34-40)60-48-31-19-29-46-52(48)58-53-47(57(46,38-21-11-7-12-22-38)39-23-13-8-14-24-39)30-20-32-50(53)61-51-37-45(36-49(60)54(51)58)59(42-25-15-9-16-26-42)43-27-17-10-18-28-43/h7-37H,1-6H3. The molecule has 0 saturated carbocycles. The quantitative estimate of drug-likeness (QED) is 0.155. The minimum atomic E-state index is -0.530. The molecule has 3 aliphatic heterocycles. The molecule has 0 N–H and O–H groups in total. The third-order valence-electron chi connectivity index (χ3n) is 13.2. The van der Waals surface area contributed by atoms with Crippen molar-refractivity contribution in [3.63, 3.8) is 0 Å². The molecule has 8 aromatic carbocycles. The fourth-order valence-corrected chi connectivity index (χ4v) is 11.6. The van der Waals surface area contributed by atoms with E-state index in [1.54, 1.807) is 0 Å². The molecule has 61 heavy (non-hydrogen) atoms. The van der Waals surface area contributed by atoms with Gasteiger partial charge in [0, 0.05) is 43.9 Å². The van der Waals surface area contributed by atoms with Crippen molar-refractivity contribution < 1.29 is 0 Å². The molecule has 0 bridgehead atoms. The summed E-state index contributed by atoms with van der Waals surface area (Å²) in [5.41, 5.74) is 18.7. The molecule has 0 unspecified atom stereocenters. The van der Waals surface area contributed by atoms with E-state index in [2.05, 4.69) is 239 Å². The second kappa shape index (κ2) is 13.9. The Bertz CT molecular complexity index is 2860. The SMILES string of the molecule is CC(C)(C)c1cc(N2c3cc(N(c4ccccc4)c4ccccc4)cc4c3B3c5c(cccc5C(c5ccccc5)(c5ccccc5)c5cccc2c53)S4)cc(C(C)(C)C)c1. The number of anilines is 6. The van der Waals surface area contributed by atoms with Crippen LogP contribution in [0, 0.1) is 0 Å². The first-order valence-electron chi connectivity index (χ1n) is 21.6. The van der Waals surface area contributed by atoms with Crippen LogP contribution in [0.15, 0.2) is 198 Å². The summed E-state index contributed by atoms with van der Waals surface area (Å²) in [4.78, 5) is 7.70. The summed E-state index contributed by atoms with van der Waals surface area (Å²) >= 11 is 1.94. The van der Waals surface area contributed by atoms with Gasteiger partial charge in [0.2, 0.25) is 6.71 Å². The van der Waals surface area contributed by atoms with Crippen LogP contribution in [0.25, 0.3) is 0 Å². The Kier molecular flexibility index (Phi) is 8.61. The fourth-order valence-electron chi connectivity index (χ4n) is 10.4. The van der Waals surface area contributed by atoms with Gasteiger partial charge in [-0.15, -0.1) is 0 Å². The number of benzene rings is 8. The first-order valence-corrected chi connectivity index (χ1v) is 22.4. The highest BCUT2D eigenvalue weighted by Gasteiger charge is 2.54. The summed E-state index contributed by atoms with van der Waals surface area (Å²) < 4.78 is 0. The third kappa shape index (κ3) is 5.79. The van der Waals surface area contributed by atoms with Crippen LogP contribution in [0.1, 0.15) is 74.9 Å². The van der Waals surface area contributed by atoms with E-state index in [1.165, 1.54) is 76.6 Å². The Morgan fingerprint density at radius 1 is 0.443 bits per heavy atom. The zero-order valence-electron chi connectivity index (χ0n) is 35.8. The van der Waals surface area contributed by atoms with Crippen LogP contribution >= 0.6 is 11.8 Å². The first kappa shape index (κ1) is 37.8. The average molecular weight is 805 g/mol. The molecule has 296 valence electrons. The lowest BCUT2D eigenvalue weighted by atomic mass is 9.29. The van der Waals surface area contributed by atoms with Gasteiger partial charge in [0.25, 0.3) is 0 Å². The molecule has 0 spiro atoms. The summed E-state index contributed by atoms with van der Waals surface area (Å²) in [6.45, 7) is 14.1. The second-order valence-corrected chi connectivity index (χ2v) is 20.0. The molecule has 0 radical (unpaired) electrons. The van der Waals surface area contributed by atoms with E-state index >= 15 is 0 Å². The van der Waals surface area contributed by atoms with Crippen molar-refractivity contribution in [2.24, 2.45) is 0 Å². The summed E-state index contributed by atoms with van der Waals surface area (Å²) in [6, 6.07) is 70.8. The molecule has 11 rings (SSSR count). The molecule has 0 atom stereocenters. The van der Waals surface area contributed by atoms with Crippen LogP contribution in [0.4, 0.5) is 34.1 Å². The van der Waals surface area contributed by atoms with E-state index in [0.717, 1.165) is 17.1 Å². The summed E-state index contributed by atoms with van der Waals surface area (Å²) in [5.74, 6) is 0. The lowest BCUT2D eigenvalue weighted by Crippen LogP contribution is -2.67. The number of hydrogen-bond acceptors (Lipinski definition) is 3. The highest BCUT2D eigenvalue weighted by Crippen LogP contribution is 2.53. The Labute approximate surface area is 366 Å². The first-order chi connectivity index (χ1) is 29.5. The highest BCUT2D eigenvalue weighted by molar-refractivity contribution is 8.00. The number of rotatable bonds is 6. The molecule has 4 heteroatoms. The van der Waals surface area contributed by atoms with Crippen LogP contribution < -0.4 is 26.2 Å². The van der Waals surface area contributed by atoms with Gasteiger partial charge in [0.05, 0.1) is 5.41 Å². The molecule has 8 aromatic rings. The van der Waals surface area contributed by atoms with Crippen LogP contribution in [-0.2, 0) is 16.2 Å². The van der Waals surface area contributed by atoms with E-state index < -0.39 is 5.41 Å². The molecule has 3 heterocycles. The Morgan fingerprint density at radius 3 is 1.49 bits per heavy atom. The van der Waals surface area contributed by atoms with Crippen molar-refractivity contribution in [2.75, 3.05) is 9.80 Å². The van der Waals surface area contributed by atoms with Crippen LogP contribution in [-0.4, -0.2) is 6.71 Å². The fraction of sp³-hybridized carbons (Fsp3) is 0.158. The molecular formula is C57H49BN2S. The molecule has 0 amide bonds. The van der Waals surface area contributed by atoms with E-state index in [0.29, 0.717) is 0 Å². The maximum Gasteiger partial charge on any atom is 0.250 e. The minimum Gasteiger partial charge on any atom is -0.311 e. The third-order valence-corrected chi connectivity index (χ3v) is 14.4. The van der Waals surface area contributed by atoms with Gasteiger partial charge in [-0.05, 0) is 116 Å². The Hall–Kier alpha value is -6.23. The van der Waals surface area contributed by atoms with Crippen molar-refractivity contribution in [1.29, 1.82) is 0 Å². The van der Waals surface area contributed by atoms with Crippen molar-refractivity contribution in [1.82, 2.24) is 0 Å². The van der Waals surface area contributed by atoms with Gasteiger partial charge in [-0.1, -0.05) is 186 Å². The summed E-state index contributed by atoms with van der Waals surface area (Å²) in [5, 5.41) is 0. The average Bonchev–Trinajstić information content (AvgIpc) is 3.27. The van der Waals surface area contributed by atoms with Gasteiger partial charge in [-0.25, -0.2) is 0 Å². The van der Waals surface area contributed by atoms with Gasteiger partial charge in [-0.3, -0.25) is 0 Å². The molecular weight excluding hydrogens is 756 g/mol. The molecule has 3 aliphatic rings. The van der Waals surface area contributed by atoms with Crippen LogP contribution in [0.3, 0.4) is 0 Å². The zero-order chi connectivity index (χ0) is 41.7. The lowest BCUT2D eigenvalue weighted by Gasteiger charge is -2.50. The molecule has 0 aliphatic carbocycles. The van der Waals surface area contributed by atoms with Crippen molar-refractivity contribution in [2.45, 2.75) is 67.6 Å². The van der Waals surface area contributed by atoms with Gasteiger partial charge >= 0.3 is 0 Å². The Morgan fingerprint density at radius 2 is 0.951 bits per heavy atom. The van der Waals surface area contributed by atoms with Gasteiger partial charge in [-0.2, -0.15) is 0 Å². The predicted octanol–water partition coefficient (Wildman–Crippen LogP) is 13.2. The van der Waals surface area contributed by atoms with E-state index in [9.17, 15) is 0 Å². The zero-order valence-corrected chi connectivity index (χ0v) is 36.6. The number of nitrogens with zero attached hydrogens (tertiary/aromatic N) is 2. The number of para-hydroxylation sites is 2. The summed E-state index contributed by atoms with van der Waals surface area (Å²) in [6.07, 6.45) is 0. The van der Waals surface area contributed by atoms with Gasteiger partial charge < -0.3 is 9.80 Å².